The van der Waals surface area contributed by atoms with E-state index in [9.17, 15) is 13.6 Å². The molecule has 2 aromatic heterocycles. The molecule has 22 heavy (non-hydrogen) atoms. The Hall–Kier alpha value is -2.58. The molecule has 3 rings (SSSR count). The zero-order valence-corrected chi connectivity index (χ0v) is 11.3. The Bertz CT molecular complexity index is 650. The molecule has 1 amide bonds. The van der Waals surface area contributed by atoms with Crippen LogP contribution in [-0.2, 0) is 4.79 Å². The fraction of sp³-hybridized carbons (Fsp3) is 0.385. The Kier molecular flexibility index (Phi) is 3.94. The van der Waals surface area contributed by atoms with Crippen molar-refractivity contribution in [2.45, 2.75) is 25.4 Å². The second-order valence-corrected chi connectivity index (χ2v) is 4.76. The van der Waals surface area contributed by atoms with Gasteiger partial charge >= 0.3 is 6.61 Å². The van der Waals surface area contributed by atoms with E-state index in [1.165, 1.54) is 18.3 Å². The van der Waals surface area contributed by atoms with Gasteiger partial charge in [-0.1, -0.05) is 5.16 Å². The molecule has 7 nitrogen and oxygen atoms in total. The van der Waals surface area contributed by atoms with Crippen LogP contribution >= 0.6 is 0 Å². The van der Waals surface area contributed by atoms with Crippen molar-refractivity contribution < 1.29 is 22.8 Å². The SMILES string of the molecule is O=C1CC[C@H](c2noc(-c3ccc(OC(F)F)nc3)n2)CN1. The molecule has 0 spiro atoms. The third-order valence-corrected chi connectivity index (χ3v) is 3.27. The third-order valence-electron chi connectivity index (χ3n) is 3.27. The van der Waals surface area contributed by atoms with Gasteiger partial charge in [0.1, 0.15) is 0 Å². The molecule has 9 heteroatoms. The molecule has 0 aliphatic carbocycles. The topological polar surface area (TPSA) is 90.1 Å². The highest BCUT2D eigenvalue weighted by molar-refractivity contribution is 5.76. The number of piperidine rings is 1. The number of hydrogen-bond donors (Lipinski definition) is 1. The summed E-state index contributed by atoms with van der Waals surface area (Å²) in [7, 11) is 0. The summed E-state index contributed by atoms with van der Waals surface area (Å²) in [6.45, 7) is -2.45. The number of hydrogen-bond acceptors (Lipinski definition) is 6. The standard InChI is InChI=1S/C13H12F2N4O3/c14-13(15)21-10-4-2-8(6-17-10)12-18-11(19-22-12)7-1-3-9(20)16-5-7/h2,4,6-7,13H,1,3,5H2,(H,16,20)/t7-/m0/s1. The molecule has 1 aliphatic heterocycles. The first-order chi connectivity index (χ1) is 10.6. The van der Waals surface area contributed by atoms with Crippen molar-refractivity contribution >= 4 is 5.91 Å². The molecule has 1 aliphatic rings. The second-order valence-electron chi connectivity index (χ2n) is 4.76. The molecule has 1 atom stereocenters. The summed E-state index contributed by atoms with van der Waals surface area (Å²) >= 11 is 0. The fourth-order valence-corrected chi connectivity index (χ4v) is 2.14. The van der Waals surface area contributed by atoms with Crippen molar-refractivity contribution in [3.8, 4) is 17.3 Å². The minimum atomic E-state index is -2.92. The van der Waals surface area contributed by atoms with Crippen LogP contribution in [-0.4, -0.2) is 34.2 Å². The molecule has 1 fully saturated rings. The molecule has 0 aromatic carbocycles. The maximum Gasteiger partial charge on any atom is 0.388 e. The van der Waals surface area contributed by atoms with Crippen molar-refractivity contribution in [1.29, 1.82) is 0 Å². The summed E-state index contributed by atoms with van der Waals surface area (Å²) in [6, 6.07) is 2.80. The number of rotatable bonds is 4. The van der Waals surface area contributed by atoms with E-state index >= 15 is 0 Å². The Morgan fingerprint density at radius 1 is 1.41 bits per heavy atom. The summed E-state index contributed by atoms with van der Waals surface area (Å²) < 4.78 is 33.4. The highest BCUT2D eigenvalue weighted by atomic mass is 19.3. The van der Waals surface area contributed by atoms with Crippen LogP contribution in [0, 0.1) is 0 Å². The van der Waals surface area contributed by atoms with Gasteiger partial charge in [-0.25, -0.2) is 4.98 Å². The number of aromatic nitrogens is 3. The monoisotopic (exact) mass is 310 g/mol. The van der Waals surface area contributed by atoms with Gasteiger partial charge in [-0.3, -0.25) is 4.79 Å². The lowest BCUT2D eigenvalue weighted by molar-refractivity contribution is -0.122. The maximum absolute atomic E-state index is 12.0. The Morgan fingerprint density at radius 3 is 2.91 bits per heavy atom. The van der Waals surface area contributed by atoms with Crippen LogP contribution in [0.4, 0.5) is 8.78 Å². The van der Waals surface area contributed by atoms with Crippen LogP contribution in [0.2, 0.25) is 0 Å². The minimum absolute atomic E-state index is 0.00426. The lowest BCUT2D eigenvalue weighted by Crippen LogP contribution is -2.34. The average molecular weight is 310 g/mol. The molecule has 2 aromatic rings. The van der Waals surface area contributed by atoms with Gasteiger partial charge in [-0.15, -0.1) is 0 Å². The summed E-state index contributed by atoms with van der Waals surface area (Å²) in [5.74, 6) is 0.572. The zero-order chi connectivity index (χ0) is 15.5. The summed E-state index contributed by atoms with van der Waals surface area (Å²) in [6.07, 6.45) is 2.40. The van der Waals surface area contributed by atoms with Gasteiger partial charge in [0.2, 0.25) is 11.8 Å². The third kappa shape index (κ3) is 3.18. The number of carbonyl (C=O) groups is 1. The highest BCUT2D eigenvalue weighted by Gasteiger charge is 2.24. The number of amides is 1. The van der Waals surface area contributed by atoms with Crippen LogP contribution in [0.25, 0.3) is 11.5 Å². The van der Waals surface area contributed by atoms with E-state index in [1.54, 1.807) is 0 Å². The molecular weight excluding hydrogens is 298 g/mol. The van der Waals surface area contributed by atoms with Gasteiger partial charge < -0.3 is 14.6 Å². The van der Waals surface area contributed by atoms with Gasteiger partial charge in [-0.05, 0) is 12.5 Å². The largest absolute Gasteiger partial charge is 0.417 e. The maximum atomic E-state index is 12.0. The number of pyridine rings is 1. The second kappa shape index (κ2) is 6.04. The quantitative estimate of drug-likeness (QED) is 0.925. The fourth-order valence-electron chi connectivity index (χ4n) is 2.14. The van der Waals surface area contributed by atoms with Crippen molar-refractivity contribution in [1.82, 2.24) is 20.4 Å². The van der Waals surface area contributed by atoms with Gasteiger partial charge in [0.05, 0.1) is 5.56 Å². The van der Waals surface area contributed by atoms with Crippen molar-refractivity contribution in [3.05, 3.63) is 24.2 Å². The van der Waals surface area contributed by atoms with E-state index in [0.717, 1.165) is 0 Å². The first-order valence-electron chi connectivity index (χ1n) is 6.63. The van der Waals surface area contributed by atoms with Gasteiger partial charge in [0.25, 0.3) is 5.89 Å². The van der Waals surface area contributed by atoms with Gasteiger partial charge in [-0.2, -0.15) is 13.8 Å². The van der Waals surface area contributed by atoms with Crippen LogP contribution in [0.15, 0.2) is 22.9 Å². The van der Waals surface area contributed by atoms with Gasteiger partial charge in [0.15, 0.2) is 5.82 Å². The first-order valence-corrected chi connectivity index (χ1v) is 6.63. The summed E-state index contributed by atoms with van der Waals surface area (Å²) in [4.78, 5) is 19.1. The van der Waals surface area contributed by atoms with Crippen LogP contribution in [0.5, 0.6) is 5.88 Å². The van der Waals surface area contributed by atoms with Gasteiger partial charge in [0, 0.05) is 31.1 Å². The molecule has 0 unspecified atom stereocenters. The number of carbonyl (C=O) groups excluding carboxylic acids is 1. The van der Waals surface area contributed by atoms with Crippen molar-refractivity contribution in [3.63, 3.8) is 0 Å². The van der Waals surface area contributed by atoms with Crippen LogP contribution in [0.3, 0.4) is 0 Å². The van der Waals surface area contributed by atoms with Crippen molar-refractivity contribution in [2.24, 2.45) is 0 Å². The lowest BCUT2D eigenvalue weighted by Gasteiger charge is -2.18. The normalized spacial score (nSPS) is 18.3. The molecule has 0 bridgehead atoms. The molecule has 0 radical (unpaired) electrons. The predicted octanol–water partition coefficient (Wildman–Crippen LogP) is 1.73. The molecule has 1 saturated heterocycles. The van der Waals surface area contributed by atoms with E-state index in [1.807, 2.05) is 0 Å². The summed E-state index contributed by atoms with van der Waals surface area (Å²) in [5.41, 5.74) is 0.500. The van der Waals surface area contributed by atoms with Crippen LogP contribution < -0.4 is 10.1 Å². The van der Waals surface area contributed by atoms with E-state index in [4.69, 9.17) is 4.52 Å². The first kappa shape index (κ1) is 14.4. The lowest BCUT2D eigenvalue weighted by atomic mass is 9.99. The zero-order valence-electron chi connectivity index (χ0n) is 11.3. The minimum Gasteiger partial charge on any atom is -0.417 e. The van der Waals surface area contributed by atoms with Crippen molar-refractivity contribution in [2.75, 3.05) is 6.54 Å². The van der Waals surface area contributed by atoms with E-state index in [2.05, 4.69) is 25.2 Å². The predicted molar refractivity (Wildman–Crippen MR) is 69.1 cm³/mol. The number of ether oxygens (including phenoxy) is 1. The summed E-state index contributed by atoms with van der Waals surface area (Å²) in [5, 5.41) is 6.64. The Morgan fingerprint density at radius 2 is 2.27 bits per heavy atom. The molecule has 116 valence electrons. The number of halogens is 2. The Balaban J connectivity index is 1.72. The Labute approximate surface area is 123 Å². The van der Waals surface area contributed by atoms with E-state index in [-0.39, 0.29) is 23.6 Å². The highest BCUT2D eigenvalue weighted by Crippen LogP contribution is 2.25. The number of alkyl halides is 2. The average Bonchev–Trinajstić information content (AvgIpc) is 2.98. The molecule has 0 saturated carbocycles. The molecule has 3 heterocycles. The van der Waals surface area contributed by atoms with Crippen LogP contribution in [0.1, 0.15) is 24.6 Å². The molecule has 1 N–H and O–H groups in total. The van der Waals surface area contributed by atoms with E-state index < -0.39 is 6.61 Å². The van der Waals surface area contributed by atoms with E-state index in [0.29, 0.717) is 30.8 Å². The smallest absolute Gasteiger partial charge is 0.388 e. The molecular formula is C13H12F2N4O3. The number of nitrogens with zero attached hydrogens (tertiary/aromatic N) is 3. The number of nitrogens with one attached hydrogen (secondary N) is 1.